The van der Waals surface area contributed by atoms with Gasteiger partial charge in [-0.1, -0.05) is 6.92 Å². The maximum absolute atomic E-state index is 13.4. The summed E-state index contributed by atoms with van der Waals surface area (Å²) in [6, 6.07) is 0. The molecular weight excluding hydrogens is 283 g/mol. The summed E-state index contributed by atoms with van der Waals surface area (Å²) in [6.07, 6.45) is 0. The zero-order valence-electron chi connectivity index (χ0n) is 11.0. The normalized spacial score (nSPS) is 11.6. The average molecular weight is 296 g/mol. The van der Waals surface area contributed by atoms with E-state index in [1.165, 1.54) is 13.8 Å². The standard InChI is InChI=1S/C12H13F5N2O/c1-4-18-12(2,3)11(20)19-10-8(16)6(14)5(13)7(15)9(10)17/h18H,4H2,1-3H3,(H,19,20). The second-order valence-electron chi connectivity index (χ2n) is 4.55. The summed E-state index contributed by atoms with van der Waals surface area (Å²) in [5.41, 5.74) is -2.60. The molecule has 0 aliphatic carbocycles. The van der Waals surface area contributed by atoms with Gasteiger partial charge in [-0.3, -0.25) is 4.79 Å². The maximum Gasteiger partial charge on any atom is 0.244 e. The van der Waals surface area contributed by atoms with Crippen molar-refractivity contribution < 1.29 is 26.7 Å². The largest absolute Gasteiger partial charge is 0.319 e. The number of benzene rings is 1. The van der Waals surface area contributed by atoms with Gasteiger partial charge in [-0.15, -0.1) is 0 Å². The Morgan fingerprint density at radius 1 is 0.950 bits per heavy atom. The lowest BCUT2D eigenvalue weighted by molar-refractivity contribution is -0.121. The fraction of sp³-hybridized carbons (Fsp3) is 0.417. The van der Waals surface area contributed by atoms with E-state index in [1.54, 1.807) is 12.2 Å². The van der Waals surface area contributed by atoms with E-state index in [1.807, 2.05) is 0 Å². The number of hydrogen-bond donors (Lipinski definition) is 2. The van der Waals surface area contributed by atoms with Crippen LogP contribution in [0.1, 0.15) is 20.8 Å². The lowest BCUT2D eigenvalue weighted by Crippen LogP contribution is -2.49. The summed E-state index contributed by atoms with van der Waals surface area (Å²) in [4.78, 5) is 11.8. The van der Waals surface area contributed by atoms with Gasteiger partial charge in [0.2, 0.25) is 11.7 Å². The third kappa shape index (κ3) is 2.90. The zero-order valence-corrected chi connectivity index (χ0v) is 11.0. The Labute approximate surface area is 112 Å². The van der Waals surface area contributed by atoms with Crippen LogP contribution in [0.5, 0.6) is 0 Å². The molecule has 0 aromatic heterocycles. The minimum absolute atomic E-state index is 0.373. The van der Waals surface area contributed by atoms with Gasteiger partial charge in [-0.05, 0) is 20.4 Å². The number of amides is 1. The van der Waals surface area contributed by atoms with Crippen LogP contribution >= 0.6 is 0 Å². The Bertz CT molecular complexity index is 516. The van der Waals surface area contributed by atoms with Crippen molar-refractivity contribution in [1.82, 2.24) is 5.32 Å². The molecule has 0 radical (unpaired) electrons. The van der Waals surface area contributed by atoms with E-state index in [0.29, 0.717) is 6.54 Å². The van der Waals surface area contributed by atoms with Gasteiger partial charge in [0.05, 0.1) is 5.54 Å². The second kappa shape index (κ2) is 5.74. The first kappa shape index (κ1) is 16.4. The van der Waals surface area contributed by atoms with Gasteiger partial charge < -0.3 is 10.6 Å². The number of halogens is 5. The molecule has 0 bridgehead atoms. The number of anilines is 1. The number of likely N-dealkylation sites (N-methyl/N-ethyl adjacent to an activating group) is 1. The van der Waals surface area contributed by atoms with Crippen LogP contribution in [0.3, 0.4) is 0 Å². The molecule has 1 aromatic carbocycles. The first-order chi connectivity index (χ1) is 9.13. The highest BCUT2D eigenvalue weighted by Crippen LogP contribution is 2.27. The Balaban J connectivity index is 3.20. The van der Waals surface area contributed by atoms with Crippen LogP contribution in [0.4, 0.5) is 27.6 Å². The molecule has 0 unspecified atom stereocenters. The molecule has 112 valence electrons. The molecule has 0 fully saturated rings. The quantitative estimate of drug-likeness (QED) is 0.509. The monoisotopic (exact) mass is 296 g/mol. The lowest BCUT2D eigenvalue weighted by Gasteiger charge is -2.24. The summed E-state index contributed by atoms with van der Waals surface area (Å²) >= 11 is 0. The van der Waals surface area contributed by atoms with Gasteiger partial charge >= 0.3 is 0 Å². The fourth-order valence-corrected chi connectivity index (χ4v) is 1.51. The number of nitrogens with one attached hydrogen (secondary N) is 2. The molecule has 0 spiro atoms. The van der Waals surface area contributed by atoms with E-state index in [9.17, 15) is 26.7 Å². The molecule has 1 amide bonds. The molecule has 0 saturated carbocycles. The molecule has 0 heterocycles. The molecule has 3 nitrogen and oxygen atoms in total. The molecule has 20 heavy (non-hydrogen) atoms. The van der Waals surface area contributed by atoms with Crippen molar-refractivity contribution >= 4 is 11.6 Å². The summed E-state index contributed by atoms with van der Waals surface area (Å²) in [5.74, 6) is -11.6. The van der Waals surface area contributed by atoms with Gasteiger partial charge in [-0.25, -0.2) is 22.0 Å². The minimum atomic E-state index is -2.27. The fourth-order valence-electron chi connectivity index (χ4n) is 1.51. The maximum atomic E-state index is 13.4. The number of rotatable bonds is 4. The van der Waals surface area contributed by atoms with Crippen molar-refractivity contribution in [3.63, 3.8) is 0 Å². The van der Waals surface area contributed by atoms with E-state index in [4.69, 9.17) is 0 Å². The number of carbonyl (C=O) groups excluding carboxylic acids is 1. The Kier molecular flexibility index (Phi) is 4.69. The molecule has 1 rings (SSSR count). The van der Waals surface area contributed by atoms with Gasteiger partial charge in [0, 0.05) is 0 Å². The summed E-state index contributed by atoms with van der Waals surface area (Å²) in [6.45, 7) is 4.86. The van der Waals surface area contributed by atoms with E-state index in [-0.39, 0.29) is 0 Å². The third-order valence-electron chi connectivity index (χ3n) is 2.63. The highest BCUT2D eigenvalue weighted by molar-refractivity contribution is 5.97. The van der Waals surface area contributed by atoms with Crippen LogP contribution in [-0.4, -0.2) is 18.0 Å². The van der Waals surface area contributed by atoms with Crippen molar-refractivity contribution in [3.05, 3.63) is 29.1 Å². The number of hydrogen-bond acceptors (Lipinski definition) is 2. The summed E-state index contributed by atoms with van der Waals surface area (Å²) in [7, 11) is 0. The molecule has 0 aliphatic heterocycles. The lowest BCUT2D eigenvalue weighted by atomic mass is 10.0. The smallest absolute Gasteiger partial charge is 0.244 e. The van der Waals surface area contributed by atoms with E-state index in [2.05, 4.69) is 5.32 Å². The van der Waals surface area contributed by atoms with Crippen molar-refractivity contribution in [2.45, 2.75) is 26.3 Å². The highest BCUT2D eigenvalue weighted by Gasteiger charge is 2.31. The SMILES string of the molecule is CCNC(C)(C)C(=O)Nc1c(F)c(F)c(F)c(F)c1F. The predicted octanol–water partition coefficient (Wildman–Crippen LogP) is 2.71. The molecule has 0 saturated heterocycles. The molecule has 8 heteroatoms. The highest BCUT2D eigenvalue weighted by atomic mass is 19.2. The molecular formula is C12H13F5N2O. The van der Waals surface area contributed by atoms with Crippen LogP contribution in [0.2, 0.25) is 0 Å². The molecule has 2 N–H and O–H groups in total. The summed E-state index contributed by atoms with van der Waals surface area (Å²) in [5, 5.41) is 4.42. The van der Waals surface area contributed by atoms with Crippen LogP contribution in [0, 0.1) is 29.1 Å². The summed E-state index contributed by atoms with van der Waals surface area (Å²) < 4.78 is 65.5. The van der Waals surface area contributed by atoms with E-state index in [0.717, 1.165) is 0 Å². The van der Waals surface area contributed by atoms with Crippen LogP contribution in [0.15, 0.2) is 0 Å². The van der Waals surface area contributed by atoms with E-state index < -0.39 is 46.2 Å². The Hall–Kier alpha value is -1.70. The van der Waals surface area contributed by atoms with Crippen LogP contribution in [0.25, 0.3) is 0 Å². The zero-order chi connectivity index (χ0) is 15.7. The number of carbonyl (C=O) groups is 1. The first-order valence-electron chi connectivity index (χ1n) is 5.71. The van der Waals surface area contributed by atoms with Crippen molar-refractivity contribution in [2.24, 2.45) is 0 Å². The molecule has 0 atom stereocenters. The Morgan fingerprint density at radius 3 is 1.75 bits per heavy atom. The van der Waals surface area contributed by atoms with Gasteiger partial charge in [0.15, 0.2) is 23.3 Å². The van der Waals surface area contributed by atoms with Crippen molar-refractivity contribution in [1.29, 1.82) is 0 Å². The van der Waals surface area contributed by atoms with Gasteiger partial charge in [0.25, 0.3) is 0 Å². The second-order valence-corrected chi connectivity index (χ2v) is 4.55. The average Bonchev–Trinajstić information content (AvgIpc) is 2.38. The third-order valence-corrected chi connectivity index (χ3v) is 2.63. The van der Waals surface area contributed by atoms with Crippen LogP contribution < -0.4 is 10.6 Å². The molecule has 1 aromatic rings. The van der Waals surface area contributed by atoms with E-state index >= 15 is 0 Å². The van der Waals surface area contributed by atoms with Gasteiger partial charge in [-0.2, -0.15) is 0 Å². The first-order valence-corrected chi connectivity index (χ1v) is 5.71. The van der Waals surface area contributed by atoms with Crippen molar-refractivity contribution in [3.8, 4) is 0 Å². The topological polar surface area (TPSA) is 41.1 Å². The molecule has 0 aliphatic rings. The minimum Gasteiger partial charge on any atom is -0.319 e. The van der Waals surface area contributed by atoms with Crippen molar-refractivity contribution in [2.75, 3.05) is 11.9 Å². The van der Waals surface area contributed by atoms with Gasteiger partial charge in [0.1, 0.15) is 5.69 Å². The Morgan fingerprint density at radius 2 is 1.35 bits per heavy atom. The van der Waals surface area contributed by atoms with Crippen LogP contribution in [-0.2, 0) is 4.79 Å². The predicted molar refractivity (Wildman–Crippen MR) is 62.6 cm³/mol.